The second-order valence-corrected chi connectivity index (χ2v) is 11.3. The van der Waals surface area contributed by atoms with Crippen LogP contribution in [0.3, 0.4) is 0 Å². The van der Waals surface area contributed by atoms with E-state index in [0.717, 1.165) is 5.16 Å². The molecule has 84 valence electrons. The van der Waals surface area contributed by atoms with E-state index in [9.17, 15) is 0 Å². The molecule has 0 N–H and O–H groups in total. The van der Waals surface area contributed by atoms with E-state index in [1.165, 1.54) is 0 Å². The Labute approximate surface area is 94.2 Å². The molecule has 0 aliphatic carbocycles. The van der Waals surface area contributed by atoms with Gasteiger partial charge in [0.25, 0.3) is 0 Å². The second-order valence-electron chi connectivity index (χ2n) is 5.04. The molecule has 0 spiro atoms. The molecular formula is C11H27NSi2. The fourth-order valence-corrected chi connectivity index (χ4v) is 7.92. The molecule has 0 aliphatic rings. The minimum atomic E-state index is -0.326. The smallest absolute Gasteiger partial charge is 0.133 e. The van der Waals surface area contributed by atoms with Crippen molar-refractivity contribution in [3.05, 3.63) is 0 Å². The molecule has 1 unspecified atom stereocenters. The van der Waals surface area contributed by atoms with E-state index in [1.807, 2.05) is 0 Å². The maximum absolute atomic E-state index is 2.74. The van der Waals surface area contributed by atoms with Crippen LogP contribution in [0.5, 0.6) is 0 Å². The van der Waals surface area contributed by atoms with E-state index in [4.69, 9.17) is 0 Å². The largest absolute Gasteiger partial charge is 0.320 e. The first-order chi connectivity index (χ1) is 6.29. The van der Waals surface area contributed by atoms with Gasteiger partial charge in [0.2, 0.25) is 0 Å². The highest BCUT2D eigenvalue weighted by atomic mass is 28.3. The van der Waals surface area contributed by atoms with Gasteiger partial charge in [-0.25, -0.2) is 0 Å². The molecular weight excluding hydrogens is 202 g/mol. The van der Waals surface area contributed by atoms with Gasteiger partial charge in [0.15, 0.2) is 0 Å². The molecule has 0 aromatic rings. The van der Waals surface area contributed by atoms with Crippen molar-refractivity contribution in [2.24, 2.45) is 0 Å². The Bertz CT molecular complexity index is 149. The predicted octanol–water partition coefficient (Wildman–Crippen LogP) is 3.41. The number of hydrogen-bond acceptors (Lipinski definition) is 1. The average molecular weight is 230 g/mol. The van der Waals surface area contributed by atoms with Gasteiger partial charge in [-0.05, 0) is 17.2 Å². The van der Waals surface area contributed by atoms with E-state index in [-0.39, 0.29) is 17.8 Å². The van der Waals surface area contributed by atoms with Gasteiger partial charge in [-0.2, -0.15) is 0 Å². The topological polar surface area (TPSA) is 3.24 Å². The molecule has 0 rings (SSSR count). The summed E-state index contributed by atoms with van der Waals surface area (Å²) >= 11 is 0. The lowest BCUT2D eigenvalue weighted by atomic mass is 10.3. The maximum atomic E-state index is 2.74. The second kappa shape index (κ2) is 6.08. The standard InChI is InChI=1S/C11H27NSi2/c1-9(2)12(10(3)4)14(8)11(5)13(6)7/h9-11H,1-8H3. The molecule has 1 nitrogen and oxygen atoms in total. The summed E-state index contributed by atoms with van der Waals surface area (Å²) in [6.07, 6.45) is 0. The first-order valence-electron chi connectivity index (χ1n) is 5.70. The van der Waals surface area contributed by atoms with Crippen LogP contribution in [0.2, 0.25) is 24.8 Å². The number of rotatable bonds is 5. The van der Waals surface area contributed by atoms with Crippen LogP contribution in [0.4, 0.5) is 0 Å². The molecule has 0 bridgehead atoms. The third kappa shape index (κ3) is 3.87. The third-order valence-corrected chi connectivity index (χ3v) is 10.8. The van der Waals surface area contributed by atoms with E-state index in [0.29, 0.717) is 12.1 Å². The lowest BCUT2D eigenvalue weighted by Gasteiger charge is -2.39. The van der Waals surface area contributed by atoms with Gasteiger partial charge in [-0.15, -0.1) is 0 Å². The fourth-order valence-electron chi connectivity index (χ4n) is 2.05. The van der Waals surface area contributed by atoms with Gasteiger partial charge in [-0.1, -0.05) is 54.3 Å². The highest BCUT2D eigenvalue weighted by molar-refractivity contribution is 6.76. The van der Waals surface area contributed by atoms with Gasteiger partial charge in [0, 0.05) is 8.80 Å². The van der Waals surface area contributed by atoms with E-state index < -0.39 is 0 Å². The lowest BCUT2D eigenvalue weighted by molar-refractivity contribution is 0.302. The lowest BCUT2D eigenvalue weighted by Crippen LogP contribution is -2.50. The van der Waals surface area contributed by atoms with Gasteiger partial charge >= 0.3 is 0 Å². The van der Waals surface area contributed by atoms with Crippen LogP contribution in [-0.2, 0) is 0 Å². The maximum Gasteiger partial charge on any atom is 0.133 e. The minimum Gasteiger partial charge on any atom is -0.320 e. The van der Waals surface area contributed by atoms with E-state index >= 15 is 0 Å². The van der Waals surface area contributed by atoms with Crippen molar-refractivity contribution < 1.29 is 0 Å². The summed E-state index contributed by atoms with van der Waals surface area (Å²) < 4.78 is 2.74. The molecule has 3 heteroatoms. The van der Waals surface area contributed by atoms with Crippen molar-refractivity contribution >= 4 is 17.8 Å². The molecule has 0 saturated heterocycles. The normalized spacial score (nSPS) is 15.2. The molecule has 1 atom stereocenters. The summed E-state index contributed by atoms with van der Waals surface area (Å²) in [7, 11) is -0.444. The SMILES string of the molecule is CC(C)N(C(C)C)[Si](C)C(C)[Si](C)C. The zero-order valence-electron chi connectivity index (χ0n) is 11.2. The first kappa shape index (κ1) is 14.4. The minimum absolute atomic E-state index is 0.118. The van der Waals surface area contributed by atoms with E-state index in [1.54, 1.807) is 0 Å². The van der Waals surface area contributed by atoms with Crippen molar-refractivity contribution in [2.75, 3.05) is 0 Å². The first-order valence-corrected chi connectivity index (χ1v) is 10.3. The molecule has 0 heterocycles. The molecule has 0 saturated carbocycles. The average Bonchev–Trinajstić information content (AvgIpc) is 2.01. The highest BCUT2D eigenvalue weighted by Crippen LogP contribution is 2.20. The van der Waals surface area contributed by atoms with Gasteiger partial charge < -0.3 is 4.57 Å². The van der Waals surface area contributed by atoms with Crippen LogP contribution in [0, 0.1) is 0 Å². The summed E-state index contributed by atoms with van der Waals surface area (Å²) in [6, 6.07) is 1.41. The van der Waals surface area contributed by atoms with Crippen LogP contribution in [0.15, 0.2) is 0 Å². The number of hydrogen-bond donors (Lipinski definition) is 0. The molecule has 2 radical (unpaired) electrons. The predicted molar refractivity (Wildman–Crippen MR) is 70.6 cm³/mol. The Balaban J connectivity index is 4.51. The summed E-state index contributed by atoms with van der Waals surface area (Å²) in [6.45, 7) is 19.2. The van der Waals surface area contributed by atoms with Crippen LogP contribution in [0.25, 0.3) is 0 Å². The van der Waals surface area contributed by atoms with Crippen molar-refractivity contribution in [3.8, 4) is 0 Å². The van der Waals surface area contributed by atoms with Crippen molar-refractivity contribution in [2.45, 2.75) is 71.5 Å². The van der Waals surface area contributed by atoms with Crippen LogP contribution < -0.4 is 0 Å². The summed E-state index contributed by atoms with van der Waals surface area (Å²) in [5.41, 5.74) is 0. The van der Waals surface area contributed by atoms with Gasteiger partial charge in [0.1, 0.15) is 8.96 Å². The summed E-state index contributed by atoms with van der Waals surface area (Å²) in [5, 5.41) is 0.967. The van der Waals surface area contributed by atoms with Gasteiger partial charge in [0.05, 0.1) is 0 Å². The Morgan fingerprint density at radius 1 is 0.786 bits per heavy atom. The van der Waals surface area contributed by atoms with Crippen molar-refractivity contribution in [3.63, 3.8) is 0 Å². The van der Waals surface area contributed by atoms with Crippen LogP contribution >= 0.6 is 0 Å². The quantitative estimate of drug-likeness (QED) is 0.653. The van der Waals surface area contributed by atoms with E-state index in [2.05, 4.69) is 58.8 Å². The fraction of sp³-hybridized carbons (Fsp3) is 1.00. The zero-order chi connectivity index (χ0) is 11.5. The molecule has 14 heavy (non-hydrogen) atoms. The zero-order valence-corrected chi connectivity index (χ0v) is 13.2. The molecule has 0 fully saturated rings. The third-order valence-electron chi connectivity index (χ3n) is 3.01. The van der Waals surface area contributed by atoms with Crippen LogP contribution in [0.1, 0.15) is 34.6 Å². The molecule has 0 aliphatic heterocycles. The number of nitrogens with zero attached hydrogens (tertiary/aromatic N) is 1. The highest BCUT2D eigenvalue weighted by Gasteiger charge is 2.28. The molecule has 0 aromatic heterocycles. The summed E-state index contributed by atoms with van der Waals surface area (Å²) in [4.78, 5) is 0. The Morgan fingerprint density at radius 2 is 1.14 bits per heavy atom. The molecule has 0 amide bonds. The van der Waals surface area contributed by atoms with Crippen LogP contribution in [-0.4, -0.2) is 34.4 Å². The van der Waals surface area contributed by atoms with Gasteiger partial charge in [-0.3, -0.25) is 0 Å². The van der Waals surface area contributed by atoms with Crippen molar-refractivity contribution in [1.29, 1.82) is 0 Å². The Hall–Kier alpha value is 0.394. The Kier molecular flexibility index (Phi) is 6.25. The van der Waals surface area contributed by atoms with Crippen molar-refractivity contribution in [1.82, 2.24) is 4.57 Å². The Morgan fingerprint density at radius 3 is 1.36 bits per heavy atom. The monoisotopic (exact) mass is 229 g/mol. The summed E-state index contributed by atoms with van der Waals surface area (Å²) in [5.74, 6) is 0. The molecule has 0 aromatic carbocycles.